The third kappa shape index (κ3) is 5.03. The number of fused-ring (bicyclic) bond motifs is 1. The first kappa shape index (κ1) is 22.9. The molecule has 0 saturated heterocycles. The van der Waals surface area contributed by atoms with Crippen LogP contribution in [0.25, 0.3) is 11.1 Å². The van der Waals surface area contributed by atoms with Crippen molar-refractivity contribution in [2.75, 3.05) is 0 Å². The highest BCUT2D eigenvalue weighted by atomic mass is 19.3. The van der Waals surface area contributed by atoms with Gasteiger partial charge in [-0.05, 0) is 70.4 Å². The third-order valence-corrected chi connectivity index (χ3v) is 6.10. The SMILES string of the molecule is CC(C)(C)OC(=O)N[C@H](c1nc2c(F)c(C(O)C3CC3)ccc2o1)C1CCC(F)(F)CC1. The summed E-state index contributed by atoms with van der Waals surface area (Å²) in [5.41, 5.74) is -0.473. The summed E-state index contributed by atoms with van der Waals surface area (Å²) in [6.45, 7) is 5.14. The normalized spacial score (nSPS) is 21.3. The summed E-state index contributed by atoms with van der Waals surface area (Å²) in [5, 5.41) is 13.1. The summed E-state index contributed by atoms with van der Waals surface area (Å²) >= 11 is 0. The van der Waals surface area contributed by atoms with Gasteiger partial charge in [-0.25, -0.2) is 22.9 Å². The second-order valence-corrected chi connectivity index (χ2v) is 9.97. The number of hydrogen-bond donors (Lipinski definition) is 2. The molecule has 0 spiro atoms. The van der Waals surface area contributed by atoms with Gasteiger partial charge in [-0.3, -0.25) is 0 Å². The number of carbonyl (C=O) groups excluding carboxylic acids is 1. The molecule has 0 radical (unpaired) electrons. The van der Waals surface area contributed by atoms with E-state index in [0.29, 0.717) is 0 Å². The van der Waals surface area contributed by atoms with Crippen LogP contribution < -0.4 is 5.32 Å². The van der Waals surface area contributed by atoms with Gasteiger partial charge < -0.3 is 19.6 Å². The quantitative estimate of drug-likeness (QED) is 0.596. The van der Waals surface area contributed by atoms with Crippen molar-refractivity contribution in [3.05, 3.63) is 29.4 Å². The van der Waals surface area contributed by atoms with Crippen LogP contribution in [0.1, 0.15) is 82.9 Å². The highest BCUT2D eigenvalue weighted by molar-refractivity contribution is 5.75. The van der Waals surface area contributed by atoms with E-state index in [2.05, 4.69) is 10.3 Å². The van der Waals surface area contributed by atoms with Crippen LogP contribution in [0.5, 0.6) is 0 Å². The van der Waals surface area contributed by atoms with Crippen LogP contribution in [0, 0.1) is 17.7 Å². The third-order valence-electron chi connectivity index (χ3n) is 6.10. The average Bonchev–Trinajstić information content (AvgIpc) is 3.44. The highest BCUT2D eigenvalue weighted by Gasteiger charge is 2.41. The van der Waals surface area contributed by atoms with Gasteiger partial charge in [0.2, 0.25) is 11.8 Å². The molecule has 2 saturated carbocycles. The Kier molecular flexibility index (Phi) is 5.90. The van der Waals surface area contributed by atoms with Gasteiger partial charge in [0.15, 0.2) is 11.4 Å². The fraction of sp³-hybridized carbons (Fsp3) is 0.652. The van der Waals surface area contributed by atoms with Gasteiger partial charge in [0, 0.05) is 18.4 Å². The number of oxazole rings is 1. The van der Waals surface area contributed by atoms with E-state index in [1.54, 1.807) is 20.8 Å². The molecule has 32 heavy (non-hydrogen) atoms. The topological polar surface area (TPSA) is 84.6 Å². The van der Waals surface area contributed by atoms with Gasteiger partial charge in [-0.15, -0.1) is 0 Å². The van der Waals surface area contributed by atoms with Crippen molar-refractivity contribution >= 4 is 17.2 Å². The van der Waals surface area contributed by atoms with E-state index >= 15 is 4.39 Å². The number of halogens is 3. The van der Waals surface area contributed by atoms with E-state index in [4.69, 9.17) is 9.15 Å². The summed E-state index contributed by atoms with van der Waals surface area (Å²) in [4.78, 5) is 16.7. The molecule has 6 nitrogen and oxygen atoms in total. The van der Waals surface area contributed by atoms with E-state index in [0.717, 1.165) is 12.8 Å². The molecule has 176 valence electrons. The maximum atomic E-state index is 15.1. The van der Waals surface area contributed by atoms with E-state index in [-0.39, 0.29) is 60.1 Å². The Morgan fingerprint density at radius 3 is 2.47 bits per heavy atom. The second-order valence-electron chi connectivity index (χ2n) is 9.97. The molecule has 1 amide bonds. The van der Waals surface area contributed by atoms with Crippen LogP contribution in [-0.4, -0.2) is 27.7 Å². The number of nitrogens with zero attached hydrogens (tertiary/aromatic N) is 1. The van der Waals surface area contributed by atoms with Crippen LogP contribution in [0.3, 0.4) is 0 Å². The van der Waals surface area contributed by atoms with Crippen molar-refractivity contribution < 1.29 is 32.2 Å². The molecule has 4 rings (SSSR count). The Morgan fingerprint density at radius 2 is 1.88 bits per heavy atom. The molecule has 1 aromatic carbocycles. The number of ether oxygens (including phenoxy) is 1. The molecule has 2 aliphatic carbocycles. The minimum absolute atomic E-state index is 0.0398. The first-order valence-electron chi connectivity index (χ1n) is 11.1. The molecule has 0 aliphatic heterocycles. The van der Waals surface area contributed by atoms with Gasteiger partial charge in [0.05, 0.1) is 6.10 Å². The summed E-state index contributed by atoms with van der Waals surface area (Å²) in [7, 11) is 0. The monoisotopic (exact) mass is 454 g/mol. The number of hydrogen-bond acceptors (Lipinski definition) is 5. The first-order chi connectivity index (χ1) is 14.9. The standard InChI is InChI=1S/C23H29F3N2O4/c1-22(2,3)32-21(30)28-17(12-8-10-23(25,26)11-9-12)20-27-18-15(31-20)7-6-14(16(18)24)19(29)13-4-5-13/h6-7,12-13,17,19,29H,4-5,8-11H2,1-3H3,(H,28,30)/t17-,19?/m0/s1. The molecule has 2 aliphatic rings. The largest absolute Gasteiger partial charge is 0.444 e. The smallest absolute Gasteiger partial charge is 0.408 e. The molecule has 1 heterocycles. The summed E-state index contributed by atoms with van der Waals surface area (Å²) in [5.74, 6) is -3.69. The zero-order valence-corrected chi connectivity index (χ0v) is 18.5. The number of carbonyl (C=O) groups is 1. The Morgan fingerprint density at radius 1 is 1.22 bits per heavy atom. The average molecular weight is 454 g/mol. The van der Waals surface area contributed by atoms with Crippen molar-refractivity contribution in [1.82, 2.24) is 10.3 Å². The lowest BCUT2D eigenvalue weighted by molar-refractivity contribution is -0.0509. The van der Waals surface area contributed by atoms with Gasteiger partial charge >= 0.3 is 6.09 Å². The molecule has 1 unspecified atom stereocenters. The van der Waals surface area contributed by atoms with Crippen molar-refractivity contribution in [2.24, 2.45) is 11.8 Å². The number of alkyl carbamates (subject to hydrolysis) is 1. The number of aliphatic hydroxyl groups is 1. The van der Waals surface area contributed by atoms with Gasteiger partial charge in [-0.1, -0.05) is 0 Å². The molecular formula is C23H29F3N2O4. The molecule has 1 aromatic heterocycles. The number of alkyl halides is 2. The lowest BCUT2D eigenvalue weighted by atomic mass is 9.82. The zero-order valence-electron chi connectivity index (χ0n) is 18.5. The maximum absolute atomic E-state index is 15.1. The second kappa shape index (κ2) is 8.24. The number of amides is 1. The van der Waals surface area contributed by atoms with E-state index in [1.165, 1.54) is 12.1 Å². The van der Waals surface area contributed by atoms with Gasteiger partial charge in [-0.2, -0.15) is 0 Å². The minimum atomic E-state index is -2.74. The first-order valence-corrected chi connectivity index (χ1v) is 11.1. The highest BCUT2D eigenvalue weighted by Crippen LogP contribution is 2.44. The molecular weight excluding hydrogens is 425 g/mol. The number of rotatable bonds is 5. The predicted octanol–water partition coefficient (Wildman–Crippen LogP) is 5.80. The summed E-state index contributed by atoms with van der Waals surface area (Å²) in [6.07, 6.45) is -0.260. The molecule has 2 atom stereocenters. The van der Waals surface area contributed by atoms with E-state index < -0.39 is 35.6 Å². The maximum Gasteiger partial charge on any atom is 0.408 e. The van der Waals surface area contributed by atoms with Crippen LogP contribution in [0.2, 0.25) is 0 Å². The van der Waals surface area contributed by atoms with Gasteiger partial charge in [0.25, 0.3) is 0 Å². The number of nitrogens with one attached hydrogen (secondary N) is 1. The predicted molar refractivity (Wildman–Crippen MR) is 111 cm³/mol. The lowest BCUT2D eigenvalue weighted by Crippen LogP contribution is -2.40. The Labute approximate surface area is 184 Å². The van der Waals surface area contributed by atoms with E-state index in [9.17, 15) is 18.7 Å². The molecule has 2 N–H and O–H groups in total. The lowest BCUT2D eigenvalue weighted by Gasteiger charge is -2.33. The molecule has 2 aromatic rings. The zero-order chi connectivity index (χ0) is 23.3. The number of benzene rings is 1. The van der Waals surface area contributed by atoms with Crippen LogP contribution in [-0.2, 0) is 4.74 Å². The fourth-order valence-electron chi connectivity index (χ4n) is 4.23. The Bertz CT molecular complexity index is 987. The van der Waals surface area contributed by atoms with E-state index in [1.807, 2.05) is 0 Å². The summed E-state index contributed by atoms with van der Waals surface area (Å²) < 4.78 is 53.6. The Balaban J connectivity index is 1.65. The molecule has 0 bridgehead atoms. The Hall–Kier alpha value is -2.29. The van der Waals surface area contributed by atoms with Crippen LogP contribution in [0.15, 0.2) is 16.5 Å². The van der Waals surface area contributed by atoms with Crippen molar-refractivity contribution in [1.29, 1.82) is 0 Å². The minimum Gasteiger partial charge on any atom is -0.444 e. The van der Waals surface area contributed by atoms with Crippen LogP contribution >= 0.6 is 0 Å². The molecule has 9 heteroatoms. The molecule has 2 fully saturated rings. The number of aromatic nitrogens is 1. The van der Waals surface area contributed by atoms with Crippen LogP contribution in [0.4, 0.5) is 18.0 Å². The summed E-state index contributed by atoms with van der Waals surface area (Å²) in [6, 6.07) is 2.17. The van der Waals surface area contributed by atoms with Crippen molar-refractivity contribution in [3.63, 3.8) is 0 Å². The number of aliphatic hydroxyl groups excluding tert-OH is 1. The van der Waals surface area contributed by atoms with Crippen molar-refractivity contribution in [3.8, 4) is 0 Å². The van der Waals surface area contributed by atoms with Gasteiger partial charge in [0.1, 0.15) is 17.2 Å². The fourth-order valence-corrected chi connectivity index (χ4v) is 4.23. The van der Waals surface area contributed by atoms with Crippen molar-refractivity contribution in [2.45, 2.75) is 83.0 Å².